The van der Waals surface area contributed by atoms with Crippen molar-refractivity contribution in [1.82, 2.24) is 15.5 Å². The number of aromatic amines is 1. The van der Waals surface area contributed by atoms with E-state index in [1.807, 2.05) is 13.2 Å². The highest BCUT2D eigenvalue weighted by molar-refractivity contribution is 5.24. The van der Waals surface area contributed by atoms with Crippen LogP contribution >= 0.6 is 0 Å². The summed E-state index contributed by atoms with van der Waals surface area (Å²) >= 11 is 0. The molecule has 0 fully saturated rings. The van der Waals surface area contributed by atoms with Crippen LogP contribution in [0.2, 0.25) is 0 Å². The van der Waals surface area contributed by atoms with E-state index in [-0.39, 0.29) is 5.41 Å². The number of aromatic nitrogens is 2. The maximum atomic E-state index is 4.12. The topological polar surface area (TPSA) is 40.7 Å². The summed E-state index contributed by atoms with van der Waals surface area (Å²) in [4.78, 5) is 0. The summed E-state index contributed by atoms with van der Waals surface area (Å²) in [6.07, 6.45) is 2.97. The lowest BCUT2D eigenvalue weighted by molar-refractivity contribution is 0.546. The Morgan fingerprint density at radius 2 is 2.14 bits per heavy atom. The van der Waals surface area contributed by atoms with Crippen LogP contribution in [-0.2, 0) is 11.8 Å². The smallest absolute Gasteiger partial charge is 0.0522 e. The first-order chi connectivity index (χ1) is 6.45. The number of likely N-dealkylation sites (N-methyl/N-ethyl adjacent to an activating group) is 1. The Morgan fingerprint density at radius 1 is 1.50 bits per heavy atom. The van der Waals surface area contributed by atoms with Crippen molar-refractivity contribution in [3.63, 3.8) is 0 Å². The van der Waals surface area contributed by atoms with Crippen molar-refractivity contribution in [3.05, 3.63) is 17.5 Å². The fraction of sp³-hybridized carbons (Fsp3) is 0.727. The minimum atomic E-state index is 0.152. The minimum Gasteiger partial charge on any atom is -0.317 e. The van der Waals surface area contributed by atoms with Gasteiger partial charge in [0.25, 0.3) is 0 Å². The van der Waals surface area contributed by atoms with Crippen LogP contribution in [0.4, 0.5) is 0 Å². The molecule has 0 aliphatic heterocycles. The predicted molar refractivity (Wildman–Crippen MR) is 59.5 cm³/mol. The lowest BCUT2D eigenvalue weighted by Crippen LogP contribution is -2.25. The first-order valence-corrected chi connectivity index (χ1v) is 5.15. The van der Waals surface area contributed by atoms with Gasteiger partial charge in [-0.15, -0.1) is 0 Å². The average Bonchev–Trinajstić information content (AvgIpc) is 2.51. The molecule has 0 spiro atoms. The highest BCUT2D eigenvalue weighted by atomic mass is 15.1. The SMILES string of the molecule is CNC(C)Cc1cn[nH]c1C(C)(C)C. The van der Waals surface area contributed by atoms with Crippen molar-refractivity contribution in [3.8, 4) is 0 Å². The van der Waals surface area contributed by atoms with Crippen LogP contribution in [-0.4, -0.2) is 23.3 Å². The van der Waals surface area contributed by atoms with E-state index in [4.69, 9.17) is 0 Å². The van der Waals surface area contributed by atoms with E-state index >= 15 is 0 Å². The Morgan fingerprint density at radius 3 is 2.64 bits per heavy atom. The van der Waals surface area contributed by atoms with Crippen molar-refractivity contribution in [2.45, 2.75) is 45.6 Å². The number of hydrogen-bond donors (Lipinski definition) is 2. The monoisotopic (exact) mass is 195 g/mol. The highest BCUT2D eigenvalue weighted by Gasteiger charge is 2.20. The van der Waals surface area contributed by atoms with E-state index in [1.54, 1.807) is 0 Å². The molecule has 0 bridgehead atoms. The summed E-state index contributed by atoms with van der Waals surface area (Å²) in [5, 5.41) is 10.5. The average molecular weight is 195 g/mol. The lowest BCUT2D eigenvalue weighted by atomic mass is 9.88. The molecule has 1 atom stereocenters. The number of rotatable bonds is 3. The Kier molecular flexibility index (Phi) is 3.32. The molecule has 0 saturated carbocycles. The Labute approximate surface area is 86.3 Å². The van der Waals surface area contributed by atoms with Gasteiger partial charge in [-0.2, -0.15) is 5.10 Å². The summed E-state index contributed by atoms with van der Waals surface area (Å²) < 4.78 is 0. The Balaban J connectivity index is 2.83. The number of H-pyrrole nitrogens is 1. The second kappa shape index (κ2) is 4.13. The fourth-order valence-electron chi connectivity index (χ4n) is 1.55. The molecule has 0 saturated heterocycles. The van der Waals surface area contributed by atoms with Crippen molar-refractivity contribution < 1.29 is 0 Å². The number of hydrogen-bond acceptors (Lipinski definition) is 2. The van der Waals surface area contributed by atoms with Crippen LogP contribution in [0.15, 0.2) is 6.20 Å². The molecule has 1 aromatic heterocycles. The maximum absolute atomic E-state index is 4.12. The molecule has 0 radical (unpaired) electrons. The van der Waals surface area contributed by atoms with Crippen molar-refractivity contribution >= 4 is 0 Å². The normalized spacial score (nSPS) is 14.4. The molecule has 2 N–H and O–H groups in total. The minimum absolute atomic E-state index is 0.152. The van der Waals surface area contributed by atoms with E-state index < -0.39 is 0 Å². The predicted octanol–water partition coefficient (Wildman–Crippen LogP) is 1.86. The van der Waals surface area contributed by atoms with Gasteiger partial charge >= 0.3 is 0 Å². The summed E-state index contributed by atoms with van der Waals surface area (Å²) in [5.41, 5.74) is 2.72. The van der Waals surface area contributed by atoms with Gasteiger partial charge in [0.2, 0.25) is 0 Å². The quantitative estimate of drug-likeness (QED) is 0.773. The summed E-state index contributed by atoms with van der Waals surface area (Å²) in [6.45, 7) is 8.79. The molecular formula is C11H21N3. The van der Waals surface area contributed by atoms with E-state index in [9.17, 15) is 0 Å². The van der Waals surface area contributed by atoms with Crippen molar-refractivity contribution in [2.24, 2.45) is 0 Å². The Bertz CT molecular complexity index is 283. The molecule has 1 rings (SSSR count). The van der Waals surface area contributed by atoms with Gasteiger partial charge in [-0.3, -0.25) is 5.10 Å². The van der Waals surface area contributed by atoms with Crippen LogP contribution in [0.3, 0.4) is 0 Å². The zero-order valence-corrected chi connectivity index (χ0v) is 9.81. The molecule has 0 aliphatic rings. The summed E-state index contributed by atoms with van der Waals surface area (Å²) in [6, 6.07) is 0.494. The molecule has 0 aromatic carbocycles. The van der Waals surface area contributed by atoms with Gasteiger partial charge in [0.15, 0.2) is 0 Å². The molecular weight excluding hydrogens is 174 g/mol. The fourth-order valence-corrected chi connectivity index (χ4v) is 1.55. The molecule has 80 valence electrons. The molecule has 3 heteroatoms. The first-order valence-electron chi connectivity index (χ1n) is 5.15. The zero-order valence-electron chi connectivity index (χ0n) is 9.81. The van der Waals surface area contributed by atoms with Crippen LogP contribution in [0.1, 0.15) is 39.0 Å². The highest BCUT2D eigenvalue weighted by Crippen LogP contribution is 2.23. The lowest BCUT2D eigenvalue weighted by Gasteiger charge is -2.19. The first kappa shape index (κ1) is 11.2. The largest absolute Gasteiger partial charge is 0.317 e. The molecule has 1 heterocycles. The van der Waals surface area contributed by atoms with Gasteiger partial charge in [0.05, 0.1) is 6.20 Å². The van der Waals surface area contributed by atoms with E-state index in [2.05, 4.69) is 43.2 Å². The van der Waals surface area contributed by atoms with Gasteiger partial charge in [-0.05, 0) is 26.0 Å². The van der Waals surface area contributed by atoms with Gasteiger partial charge in [-0.1, -0.05) is 20.8 Å². The van der Waals surface area contributed by atoms with Gasteiger partial charge in [0, 0.05) is 17.2 Å². The summed E-state index contributed by atoms with van der Waals surface area (Å²) in [7, 11) is 1.99. The standard InChI is InChI=1S/C11H21N3/c1-8(12-5)6-9-7-13-14-10(9)11(2,3)4/h7-8,12H,6H2,1-5H3,(H,13,14). The third kappa shape index (κ3) is 2.58. The number of nitrogens with zero attached hydrogens (tertiary/aromatic N) is 1. The molecule has 14 heavy (non-hydrogen) atoms. The van der Waals surface area contributed by atoms with E-state index in [1.165, 1.54) is 11.3 Å². The van der Waals surface area contributed by atoms with Gasteiger partial charge in [-0.25, -0.2) is 0 Å². The third-order valence-corrected chi connectivity index (χ3v) is 2.49. The molecule has 1 aromatic rings. The van der Waals surface area contributed by atoms with Crippen molar-refractivity contribution in [2.75, 3.05) is 7.05 Å². The second-order valence-electron chi connectivity index (χ2n) is 4.91. The van der Waals surface area contributed by atoms with E-state index in [0.29, 0.717) is 6.04 Å². The molecule has 1 unspecified atom stereocenters. The Hall–Kier alpha value is -0.830. The van der Waals surface area contributed by atoms with Crippen LogP contribution < -0.4 is 5.32 Å². The third-order valence-electron chi connectivity index (χ3n) is 2.49. The molecule has 0 amide bonds. The van der Waals surface area contributed by atoms with Crippen LogP contribution in [0, 0.1) is 0 Å². The van der Waals surface area contributed by atoms with Crippen LogP contribution in [0.5, 0.6) is 0 Å². The van der Waals surface area contributed by atoms with Gasteiger partial charge < -0.3 is 5.32 Å². The van der Waals surface area contributed by atoms with Crippen molar-refractivity contribution in [1.29, 1.82) is 0 Å². The molecule has 3 nitrogen and oxygen atoms in total. The van der Waals surface area contributed by atoms with E-state index in [0.717, 1.165) is 6.42 Å². The second-order valence-corrected chi connectivity index (χ2v) is 4.91. The number of nitrogens with one attached hydrogen (secondary N) is 2. The zero-order chi connectivity index (χ0) is 10.8. The summed E-state index contributed by atoms with van der Waals surface area (Å²) in [5.74, 6) is 0. The maximum Gasteiger partial charge on any atom is 0.0522 e. The van der Waals surface area contributed by atoms with Crippen LogP contribution in [0.25, 0.3) is 0 Å². The molecule has 0 aliphatic carbocycles. The van der Waals surface area contributed by atoms with Gasteiger partial charge in [0.1, 0.15) is 0 Å².